The summed E-state index contributed by atoms with van der Waals surface area (Å²) >= 11 is 0. The molecule has 2 aromatic carbocycles. The number of carbonyl (C=O) groups is 1. The smallest absolute Gasteiger partial charge is 0.249 e. The van der Waals surface area contributed by atoms with E-state index in [0.29, 0.717) is 5.82 Å². The van der Waals surface area contributed by atoms with Gasteiger partial charge in [-0.1, -0.05) is 42.5 Å². The van der Waals surface area contributed by atoms with Gasteiger partial charge in [0.2, 0.25) is 11.9 Å². The van der Waals surface area contributed by atoms with E-state index in [9.17, 15) is 4.79 Å². The van der Waals surface area contributed by atoms with Crippen molar-refractivity contribution in [2.75, 3.05) is 5.32 Å². The van der Waals surface area contributed by atoms with Crippen molar-refractivity contribution in [3.8, 4) is 11.4 Å². The Morgan fingerprint density at radius 1 is 1.00 bits per heavy atom. The molecule has 0 atom stereocenters. The van der Waals surface area contributed by atoms with Crippen molar-refractivity contribution < 1.29 is 4.79 Å². The fraction of sp³-hybridized carbons (Fsp3) is 0.0526. The third kappa shape index (κ3) is 3.23. The van der Waals surface area contributed by atoms with Crippen LogP contribution in [0, 0.1) is 0 Å². The first-order valence-electron chi connectivity index (χ1n) is 7.89. The van der Waals surface area contributed by atoms with Crippen molar-refractivity contribution in [3.63, 3.8) is 0 Å². The van der Waals surface area contributed by atoms with Crippen LogP contribution < -0.4 is 5.32 Å². The van der Waals surface area contributed by atoms with Gasteiger partial charge in [0.15, 0.2) is 5.82 Å². The molecule has 0 bridgehead atoms. The van der Waals surface area contributed by atoms with Crippen molar-refractivity contribution in [3.05, 3.63) is 72.6 Å². The maximum atomic E-state index is 12.4. The average molecular weight is 329 g/mol. The second-order valence-electron chi connectivity index (χ2n) is 5.61. The molecule has 2 aromatic heterocycles. The van der Waals surface area contributed by atoms with E-state index in [-0.39, 0.29) is 18.3 Å². The van der Waals surface area contributed by atoms with Gasteiger partial charge in [0.1, 0.15) is 0 Å². The van der Waals surface area contributed by atoms with Crippen LogP contribution >= 0.6 is 0 Å². The van der Waals surface area contributed by atoms with Crippen molar-refractivity contribution in [1.29, 1.82) is 0 Å². The molecule has 2 heterocycles. The van der Waals surface area contributed by atoms with Gasteiger partial charge in [-0.3, -0.25) is 20.2 Å². The zero-order valence-corrected chi connectivity index (χ0v) is 13.3. The lowest BCUT2D eigenvalue weighted by atomic mass is 10.0. The van der Waals surface area contributed by atoms with E-state index in [2.05, 4.69) is 25.5 Å². The number of hydrogen-bond acceptors (Lipinski definition) is 4. The van der Waals surface area contributed by atoms with Crippen LogP contribution in [0.5, 0.6) is 0 Å². The molecule has 6 heteroatoms. The highest BCUT2D eigenvalue weighted by Gasteiger charge is 2.11. The molecule has 122 valence electrons. The number of H-pyrrole nitrogens is 1. The van der Waals surface area contributed by atoms with E-state index in [1.165, 1.54) is 0 Å². The second kappa shape index (κ2) is 6.52. The van der Waals surface area contributed by atoms with E-state index in [1.807, 2.05) is 54.6 Å². The highest BCUT2D eigenvalue weighted by molar-refractivity contribution is 5.95. The van der Waals surface area contributed by atoms with Crippen molar-refractivity contribution >= 4 is 22.6 Å². The van der Waals surface area contributed by atoms with E-state index >= 15 is 0 Å². The molecule has 0 spiro atoms. The summed E-state index contributed by atoms with van der Waals surface area (Å²) in [5.74, 6) is 0.691. The Hall–Kier alpha value is -3.54. The number of benzene rings is 2. The number of amides is 1. The number of hydrogen-bond donors (Lipinski definition) is 2. The highest BCUT2D eigenvalue weighted by Crippen LogP contribution is 2.19. The molecule has 1 amide bonds. The first-order chi connectivity index (χ1) is 12.3. The van der Waals surface area contributed by atoms with E-state index < -0.39 is 0 Å². The van der Waals surface area contributed by atoms with Gasteiger partial charge in [0, 0.05) is 18.0 Å². The zero-order valence-electron chi connectivity index (χ0n) is 13.3. The number of aromatic amines is 1. The predicted octanol–water partition coefficient (Wildman–Crippen LogP) is 3.20. The first kappa shape index (κ1) is 15.0. The standard InChI is InChI=1S/C19H15N5O/c25-17(12-15-6-3-5-13-4-1-2-7-16(13)15)21-19-22-18(23-24-19)14-8-10-20-11-9-14/h1-11H,12H2,(H2,21,22,23,24,25). The Balaban J connectivity index is 1.50. The molecule has 4 rings (SSSR count). The summed E-state index contributed by atoms with van der Waals surface area (Å²) in [6.07, 6.45) is 3.62. The summed E-state index contributed by atoms with van der Waals surface area (Å²) in [5.41, 5.74) is 1.83. The van der Waals surface area contributed by atoms with E-state index in [4.69, 9.17) is 0 Å². The molecular formula is C19H15N5O. The van der Waals surface area contributed by atoms with Gasteiger partial charge in [-0.05, 0) is 28.5 Å². The molecule has 4 aromatic rings. The molecule has 6 nitrogen and oxygen atoms in total. The van der Waals surface area contributed by atoms with Gasteiger partial charge in [-0.2, -0.15) is 4.98 Å². The first-order valence-corrected chi connectivity index (χ1v) is 7.89. The average Bonchev–Trinajstić information content (AvgIpc) is 3.11. The Labute approximate surface area is 144 Å². The molecule has 25 heavy (non-hydrogen) atoms. The van der Waals surface area contributed by atoms with Crippen molar-refractivity contribution in [2.45, 2.75) is 6.42 Å². The fourth-order valence-electron chi connectivity index (χ4n) is 2.75. The zero-order chi connectivity index (χ0) is 17.1. The number of nitrogens with one attached hydrogen (secondary N) is 2. The highest BCUT2D eigenvalue weighted by atomic mass is 16.1. The molecule has 0 aliphatic carbocycles. The van der Waals surface area contributed by atoms with Crippen LogP contribution in [0.2, 0.25) is 0 Å². The normalized spacial score (nSPS) is 10.7. The maximum absolute atomic E-state index is 12.4. The topological polar surface area (TPSA) is 83.6 Å². The lowest BCUT2D eigenvalue weighted by Crippen LogP contribution is -2.15. The van der Waals surface area contributed by atoms with Crippen LogP contribution in [-0.2, 0) is 11.2 Å². The molecule has 0 radical (unpaired) electrons. The molecule has 0 unspecified atom stereocenters. The summed E-state index contributed by atoms with van der Waals surface area (Å²) in [6.45, 7) is 0. The van der Waals surface area contributed by atoms with Crippen LogP contribution in [0.3, 0.4) is 0 Å². The lowest BCUT2D eigenvalue weighted by molar-refractivity contribution is -0.115. The van der Waals surface area contributed by atoms with Gasteiger partial charge in [0.05, 0.1) is 6.42 Å². The van der Waals surface area contributed by atoms with Crippen LogP contribution in [0.25, 0.3) is 22.2 Å². The number of fused-ring (bicyclic) bond motifs is 1. The molecule has 0 saturated carbocycles. The third-order valence-electron chi connectivity index (χ3n) is 3.92. The van der Waals surface area contributed by atoms with Gasteiger partial charge < -0.3 is 0 Å². The number of rotatable bonds is 4. The fourth-order valence-corrected chi connectivity index (χ4v) is 2.75. The van der Waals surface area contributed by atoms with E-state index in [0.717, 1.165) is 21.9 Å². The lowest BCUT2D eigenvalue weighted by Gasteiger charge is -2.06. The van der Waals surface area contributed by atoms with E-state index in [1.54, 1.807) is 12.4 Å². The number of pyridine rings is 1. The SMILES string of the molecule is O=C(Cc1cccc2ccccc12)Nc1n[nH]c(-c2ccncc2)n1. The third-order valence-corrected chi connectivity index (χ3v) is 3.92. The summed E-state index contributed by atoms with van der Waals surface area (Å²) in [7, 11) is 0. The summed E-state index contributed by atoms with van der Waals surface area (Å²) < 4.78 is 0. The number of carbonyl (C=O) groups excluding carboxylic acids is 1. The molecule has 0 aliphatic heterocycles. The molecule has 2 N–H and O–H groups in total. The van der Waals surface area contributed by atoms with Crippen molar-refractivity contribution in [1.82, 2.24) is 20.2 Å². The summed E-state index contributed by atoms with van der Waals surface area (Å²) in [4.78, 5) is 20.6. The summed E-state index contributed by atoms with van der Waals surface area (Å²) in [5, 5.41) is 11.8. The van der Waals surface area contributed by atoms with Gasteiger partial charge in [-0.15, -0.1) is 5.10 Å². The molecule has 0 fully saturated rings. The van der Waals surface area contributed by atoms with Crippen LogP contribution in [0.1, 0.15) is 5.56 Å². The Bertz CT molecular complexity index is 1020. The van der Waals surface area contributed by atoms with Crippen LogP contribution in [0.15, 0.2) is 67.0 Å². The quantitative estimate of drug-likeness (QED) is 0.602. The van der Waals surface area contributed by atoms with Gasteiger partial charge >= 0.3 is 0 Å². The largest absolute Gasteiger partial charge is 0.293 e. The number of anilines is 1. The van der Waals surface area contributed by atoms with Crippen LogP contribution in [-0.4, -0.2) is 26.1 Å². The predicted molar refractivity (Wildman–Crippen MR) is 95.9 cm³/mol. The Morgan fingerprint density at radius 3 is 2.68 bits per heavy atom. The van der Waals surface area contributed by atoms with Crippen LogP contribution in [0.4, 0.5) is 5.95 Å². The minimum atomic E-state index is -0.156. The molecule has 0 saturated heterocycles. The van der Waals surface area contributed by atoms with Crippen molar-refractivity contribution in [2.24, 2.45) is 0 Å². The maximum Gasteiger partial charge on any atom is 0.249 e. The Kier molecular flexibility index (Phi) is 3.92. The summed E-state index contributed by atoms with van der Waals surface area (Å²) in [6, 6.07) is 17.6. The minimum absolute atomic E-state index is 0.156. The monoisotopic (exact) mass is 329 g/mol. The second-order valence-corrected chi connectivity index (χ2v) is 5.61. The van der Waals surface area contributed by atoms with Gasteiger partial charge in [0.25, 0.3) is 0 Å². The van der Waals surface area contributed by atoms with Gasteiger partial charge in [-0.25, -0.2) is 0 Å². The molecule has 0 aliphatic rings. The Morgan fingerprint density at radius 2 is 1.80 bits per heavy atom. The minimum Gasteiger partial charge on any atom is -0.293 e. The number of nitrogens with zero attached hydrogens (tertiary/aromatic N) is 3. The number of aromatic nitrogens is 4. The molecular weight excluding hydrogens is 314 g/mol.